The van der Waals surface area contributed by atoms with Crippen molar-refractivity contribution >= 4 is 17.5 Å². The molecule has 0 amide bonds. The van der Waals surface area contributed by atoms with E-state index in [9.17, 15) is 4.79 Å². The van der Waals surface area contributed by atoms with Crippen molar-refractivity contribution < 1.29 is 4.79 Å². The van der Waals surface area contributed by atoms with Crippen LogP contribution in [0.1, 0.15) is 83.9 Å². The zero-order chi connectivity index (χ0) is 24.3. The minimum atomic E-state index is 0.262. The van der Waals surface area contributed by atoms with E-state index in [1.165, 1.54) is 60.2 Å². The van der Waals surface area contributed by atoms with Crippen LogP contribution < -0.4 is 4.90 Å². The predicted molar refractivity (Wildman–Crippen MR) is 145 cm³/mol. The van der Waals surface area contributed by atoms with E-state index in [0.29, 0.717) is 24.7 Å². The van der Waals surface area contributed by atoms with E-state index in [-0.39, 0.29) is 5.78 Å². The molecule has 2 atom stereocenters. The highest BCUT2D eigenvalue weighted by Gasteiger charge is 2.28. The molecule has 3 heterocycles. The quantitative estimate of drug-likeness (QED) is 0.393. The van der Waals surface area contributed by atoms with Crippen molar-refractivity contribution in [3.8, 4) is 0 Å². The Labute approximate surface area is 214 Å². The fraction of sp³-hybridized carbons (Fsp3) is 0.406. The maximum absolute atomic E-state index is 13.1. The summed E-state index contributed by atoms with van der Waals surface area (Å²) in [7, 11) is 0. The van der Waals surface area contributed by atoms with Gasteiger partial charge in [0.05, 0.1) is 5.69 Å². The summed E-state index contributed by atoms with van der Waals surface area (Å²) in [4.78, 5) is 24.7. The molecule has 1 aliphatic heterocycles. The fourth-order valence-electron chi connectivity index (χ4n) is 6.55. The number of fused-ring (bicyclic) bond motifs is 1. The fourth-order valence-corrected chi connectivity index (χ4v) is 6.55. The van der Waals surface area contributed by atoms with Crippen molar-refractivity contribution in [2.75, 3.05) is 18.0 Å². The third-order valence-corrected chi connectivity index (χ3v) is 8.33. The van der Waals surface area contributed by atoms with Crippen molar-refractivity contribution in [3.05, 3.63) is 94.6 Å². The van der Waals surface area contributed by atoms with Gasteiger partial charge in [-0.3, -0.25) is 14.8 Å². The highest BCUT2D eigenvalue weighted by molar-refractivity contribution is 5.84. The summed E-state index contributed by atoms with van der Waals surface area (Å²) in [5.74, 6) is 1.31. The second-order valence-corrected chi connectivity index (χ2v) is 10.8. The number of pyridine rings is 2. The molecule has 0 spiro atoms. The molecule has 2 fully saturated rings. The molecule has 2 unspecified atom stereocenters. The van der Waals surface area contributed by atoms with Crippen LogP contribution >= 0.6 is 0 Å². The Morgan fingerprint density at radius 3 is 2.78 bits per heavy atom. The van der Waals surface area contributed by atoms with Crippen LogP contribution in [0.2, 0.25) is 0 Å². The van der Waals surface area contributed by atoms with Crippen molar-refractivity contribution in [2.45, 2.75) is 69.6 Å². The number of anilines is 1. The number of carbonyl (C=O) groups is 1. The molecule has 2 aliphatic carbocycles. The topological polar surface area (TPSA) is 46.1 Å². The maximum atomic E-state index is 13.1. The predicted octanol–water partition coefficient (Wildman–Crippen LogP) is 6.44. The Kier molecular flexibility index (Phi) is 6.67. The summed E-state index contributed by atoms with van der Waals surface area (Å²) >= 11 is 0. The molecule has 2 aromatic heterocycles. The number of Topliss-reactive ketones (excluding diaryl/α,β-unsaturated/α-hetero) is 1. The monoisotopic (exact) mass is 477 g/mol. The Balaban J connectivity index is 1.14. The second kappa shape index (κ2) is 10.4. The Morgan fingerprint density at radius 1 is 0.972 bits per heavy atom. The molecule has 36 heavy (non-hydrogen) atoms. The first-order chi connectivity index (χ1) is 17.7. The van der Waals surface area contributed by atoms with Crippen LogP contribution in [-0.4, -0.2) is 28.8 Å². The van der Waals surface area contributed by atoms with Crippen molar-refractivity contribution in [3.63, 3.8) is 0 Å². The van der Waals surface area contributed by atoms with E-state index in [2.05, 4.69) is 58.4 Å². The molecule has 6 rings (SSSR count). The number of ketones is 1. The van der Waals surface area contributed by atoms with Gasteiger partial charge in [0.1, 0.15) is 5.78 Å². The van der Waals surface area contributed by atoms with E-state index in [4.69, 9.17) is 4.98 Å². The normalized spacial score (nSPS) is 21.1. The lowest BCUT2D eigenvalue weighted by Gasteiger charge is -2.30. The van der Waals surface area contributed by atoms with Crippen LogP contribution in [0, 0.1) is 0 Å². The molecule has 3 aliphatic rings. The zero-order valence-corrected chi connectivity index (χ0v) is 21.0. The van der Waals surface area contributed by atoms with Gasteiger partial charge >= 0.3 is 0 Å². The number of nitrogens with zero attached hydrogens (tertiary/aromatic N) is 3. The summed E-state index contributed by atoms with van der Waals surface area (Å²) in [5.41, 5.74) is 8.85. The minimum absolute atomic E-state index is 0.262. The van der Waals surface area contributed by atoms with Crippen LogP contribution in [0.4, 0.5) is 5.69 Å². The SMILES string of the molecule is O=C(Cc1cccc(C2CCCC(c3nccc4c3C=CC4)C2)c1)Cc1cnccc1N1CCCC1. The summed E-state index contributed by atoms with van der Waals surface area (Å²) in [5, 5.41) is 0. The first-order valence-electron chi connectivity index (χ1n) is 13.7. The Hall–Kier alpha value is -3.27. The third kappa shape index (κ3) is 4.86. The van der Waals surface area contributed by atoms with Crippen molar-refractivity contribution in [1.82, 2.24) is 9.97 Å². The van der Waals surface area contributed by atoms with Gasteiger partial charge in [0, 0.05) is 61.7 Å². The highest BCUT2D eigenvalue weighted by Crippen LogP contribution is 2.43. The molecular weight excluding hydrogens is 442 g/mol. The Morgan fingerprint density at radius 2 is 1.86 bits per heavy atom. The molecule has 1 aromatic carbocycles. The molecule has 1 saturated heterocycles. The molecule has 184 valence electrons. The molecule has 4 nitrogen and oxygen atoms in total. The van der Waals surface area contributed by atoms with E-state index < -0.39 is 0 Å². The minimum Gasteiger partial charge on any atom is -0.371 e. The maximum Gasteiger partial charge on any atom is 0.141 e. The second-order valence-electron chi connectivity index (χ2n) is 10.8. The molecule has 4 heteroatoms. The first kappa shape index (κ1) is 23.1. The van der Waals surface area contributed by atoms with Gasteiger partial charge in [0.2, 0.25) is 0 Å². The summed E-state index contributed by atoms with van der Waals surface area (Å²) in [6.07, 6.45) is 19.5. The average molecular weight is 478 g/mol. The standard InChI is InChI=1S/C32H35N3O/c36-29(21-28-22-33-14-13-31(28)35-16-1-2-17-35)19-23-6-3-8-25(18-23)26-9-4-10-27(20-26)32-30-11-5-7-24(30)12-15-34-32/h3,5-6,8,11-15,18,22,26-27H,1-2,4,7,9-10,16-17,19-21H2. The number of carbonyl (C=O) groups excluding carboxylic acids is 1. The van der Waals surface area contributed by atoms with E-state index in [0.717, 1.165) is 37.1 Å². The number of allylic oxidation sites excluding steroid dienone is 1. The number of aromatic nitrogens is 2. The largest absolute Gasteiger partial charge is 0.371 e. The molecule has 0 N–H and O–H groups in total. The number of benzene rings is 1. The van der Waals surface area contributed by atoms with Gasteiger partial charge in [-0.05, 0) is 78.8 Å². The molecule has 1 saturated carbocycles. The molecular formula is C32H35N3O. The lowest BCUT2D eigenvalue weighted by Crippen LogP contribution is -2.20. The molecule has 0 radical (unpaired) electrons. The number of rotatable bonds is 7. The molecule has 3 aromatic rings. The van der Waals surface area contributed by atoms with Gasteiger partial charge in [0.15, 0.2) is 0 Å². The van der Waals surface area contributed by atoms with Crippen LogP contribution in [0.15, 0.2) is 61.1 Å². The summed E-state index contributed by atoms with van der Waals surface area (Å²) in [6.45, 7) is 2.15. The number of hydrogen-bond donors (Lipinski definition) is 0. The van der Waals surface area contributed by atoms with Gasteiger partial charge in [-0.1, -0.05) is 42.8 Å². The lowest BCUT2D eigenvalue weighted by atomic mass is 9.75. The van der Waals surface area contributed by atoms with Crippen LogP contribution in [0.3, 0.4) is 0 Å². The smallest absolute Gasteiger partial charge is 0.141 e. The van der Waals surface area contributed by atoms with E-state index in [1.54, 1.807) is 0 Å². The van der Waals surface area contributed by atoms with Crippen molar-refractivity contribution in [2.24, 2.45) is 0 Å². The van der Waals surface area contributed by atoms with Crippen molar-refractivity contribution in [1.29, 1.82) is 0 Å². The lowest BCUT2D eigenvalue weighted by molar-refractivity contribution is -0.117. The van der Waals surface area contributed by atoms with E-state index >= 15 is 0 Å². The third-order valence-electron chi connectivity index (χ3n) is 8.33. The first-order valence-corrected chi connectivity index (χ1v) is 13.7. The van der Waals surface area contributed by atoms with E-state index in [1.807, 2.05) is 18.6 Å². The summed E-state index contributed by atoms with van der Waals surface area (Å²) < 4.78 is 0. The summed E-state index contributed by atoms with van der Waals surface area (Å²) in [6, 6.07) is 13.0. The van der Waals surface area contributed by atoms with Gasteiger partial charge < -0.3 is 4.90 Å². The van der Waals surface area contributed by atoms with Crippen LogP contribution in [0.5, 0.6) is 0 Å². The van der Waals surface area contributed by atoms with Crippen LogP contribution in [0.25, 0.3) is 6.08 Å². The number of hydrogen-bond acceptors (Lipinski definition) is 4. The van der Waals surface area contributed by atoms with Gasteiger partial charge in [-0.2, -0.15) is 0 Å². The molecule has 0 bridgehead atoms. The zero-order valence-electron chi connectivity index (χ0n) is 21.0. The van der Waals surface area contributed by atoms with Gasteiger partial charge in [0.25, 0.3) is 0 Å². The highest BCUT2D eigenvalue weighted by atomic mass is 16.1. The van der Waals surface area contributed by atoms with Gasteiger partial charge in [-0.15, -0.1) is 0 Å². The average Bonchev–Trinajstić information content (AvgIpc) is 3.62. The van der Waals surface area contributed by atoms with Crippen LogP contribution in [-0.2, 0) is 24.1 Å². The Bertz CT molecular complexity index is 1270. The van der Waals surface area contributed by atoms with Gasteiger partial charge in [-0.25, -0.2) is 0 Å².